The van der Waals surface area contributed by atoms with E-state index in [0.717, 1.165) is 5.56 Å². The van der Waals surface area contributed by atoms with E-state index in [1.165, 1.54) is 5.56 Å². The van der Waals surface area contributed by atoms with Crippen molar-refractivity contribution >= 4 is 11.8 Å². The molecule has 150 valence electrons. The van der Waals surface area contributed by atoms with E-state index in [9.17, 15) is 9.59 Å². The monoisotopic (exact) mass is 384 g/mol. The summed E-state index contributed by atoms with van der Waals surface area (Å²) in [4.78, 5) is 29.1. The van der Waals surface area contributed by atoms with Crippen molar-refractivity contribution in [2.24, 2.45) is 5.92 Å². The molecule has 7 nitrogen and oxygen atoms in total. The minimum absolute atomic E-state index is 0.0219. The maximum Gasteiger partial charge on any atom is 0.235 e. The van der Waals surface area contributed by atoms with Gasteiger partial charge in [0.25, 0.3) is 0 Å². The largest absolute Gasteiger partial charge is 0.423 e. The van der Waals surface area contributed by atoms with Crippen molar-refractivity contribution in [3.05, 3.63) is 47.2 Å². The van der Waals surface area contributed by atoms with Crippen molar-refractivity contribution < 1.29 is 14.0 Å². The topological polar surface area (TPSA) is 79.5 Å². The van der Waals surface area contributed by atoms with E-state index in [2.05, 4.69) is 10.2 Å². The van der Waals surface area contributed by atoms with Gasteiger partial charge in [0, 0.05) is 32.0 Å². The first-order valence-corrected chi connectivity index (χ1v) is 9.82. The molecule has 0 saturated carbocycles. The molecule has 7 heteroatoms. The Morgan fingerprint density at radius 1 is 1.25 bits per heavy atom. The molecule has 28 heavy (non-hydrogen) atoms. The van der Waals surface area contributed by atoms with Crippen LogP contribution in [0, 0.1) is 12.8 Å². The summed E-state index contributed by atoms with van der Waals surface area (Å²) < 4.78 is 5.56. The SMILES string of the molecule is CCc1nnc(CN(C(=O)C2CC(=O)N(Cc3ccc(C)cc3)C2)C(C)C)o1. The van der Waals surface area contributed by atoms with Gasteiger partial charge in [-0.25, -0.2) is 0 Å². The van der Waals surface area contributed by atoms with E-state index in [1.807, 2.05) is 52.0 Å². The molecule has 1 aromatic heterocycles. The normalized spacial score (nSPS) is 16.8. The summed E-state index contributed by atoms with van der Waals surface area (Å²) >= 11 is 0. The van der Waals surface area contributed by atoms with Crippen molar-refractivity contribution in [1.29, 1.82) is 0 Å². The highest BCUT2D eigenvalue weighted by molar-refractivity contribution is 5.89. The summed E-state index contributed by atoms with van der Waals surface area (Å²) in [6.45, 7) is 9.13. The molecule has 2 amide bonds. The van der Waals surface area contributed by atoms with Crippen molar-refractivity contribution in [2.45, 2.75) is 59.7 Å². The van der Waals surface area contributed by atoms with Gasteiger partial charge in [-0.3, -0.25) is 9.59 Å². The zero-order valence-corrected chi connectivity index (χ0v) is 17.0. The van der Waals surface area contributed by atoms with Crippen LogP contribution >= 0.6 is 0 Å². The molecule has 0 N–H and O–H groups in total. The van der Waals surface area contributed by atoms with Crippen molar-refractivity contribution in [3.8, 4) is 0 Å². The zero-order chi connectivity index (χ0) is 20.3. The fraction of sp³-hybridized carbons (Fsp3) is 0.524. The number of carbonyl (C=O) groups excluding carboxylic acids is 2. The Bertz CT molecular complexity index is 828. The van der Waals surface area contributed by atoms with E-state index in [-0.39, 0.29) is 36.7 Å². The second-order valence-corrected chi connectivity index (χ2v) is 7.66. The van der Waals surface area contributed by atoms with Crippen LogP contribution in [0.5, 0.6) is 0 Å². The van der Waals surface area contributed by atoms with Crippen LogP contribution in [0.25, 0.3) is 0 Å². The van der Waals surface area contributed by atoms with Gasteiger partial charge < -0.3 is 14.2 Å². The molecule has 1 aliphatic heterocycles. The molecular formula is C21H28N4O3. The maximum absolute atomic E-state index is 13.1. The van der Waals surface area contributed by atoms with Crippen LogP contribution in [0.1, 0.15) is 50.1 Å². The molecule has 1 aromatic carbocycles. The number of hydrogen-bond acceptors (Lipinski definition) is 5. The summed E-state index contributed by atoms with van der Waals surface area (Å²) in [6.07, 6.45) is 0.908. The molecule has 3 rings (SSSR count). The molecule has 1 unspecified atom stereocenters. The summed E-state index contributed by atoms with van der Waals surface area (Å²) in [5, 5.41) is 7.99. The Morgan fingerprint density at radius 3 is 2.54 bits per heavy atom. The number of rotatable bonds is 7. The van der Waals surface area contributed by atoms with Gasteiger partial charge in [-0.05, 0) is 26.3 Å². The third-order valence-corrected chi connectivity index (χ3v) is 5.08. The minimum atomic E-state index is -0.339. The molecule has 0 aliphatic carbocycles. The number of likely N-dealkylation sites (tertiary alicyclic amines) is 1. The third-order valence-electron chi connectivity index (χ3n) is 5.08. The van der Waals surface area contributed by atoms with Crippen molar-refractivity contribution in [1.82, 2.24) is 20.0 Å². The number of hydrogen-bond donors (Lipinski definition) is 0. The van der Waals surface area contributed by atoms with Crippen molar-refractivity contribution in [2.75, 3.05) is 6.54 Å². The molecule has 1 aliphatic rings. The van der Waals surface area contributed by atoms with E-state index in [1.54, 1.807) is 9.80 Å². The van der Waals surface area contributed by atoms with Gasteiger partial charge in [0.1, 0.15) is 0 Å². The Morgan fingerprint density at radius 2 is 1.93 bits per heavy atom. The number of nitrogens with zero attached hydrogens (tertiary/aromatic N) is 4. The Hall–Kier alpha value is -2.70. The van der Waals surface area contributed by atoms with Gasteiger partial charge >= 0.3 is 0 Å². The summed E-state index contributed by atoms with van der Waals surface area (Å²) in [7, 11) is 0. The summed E-state index contributed by atoms with van der Waals surface area (Å²) in [6, 6.07) is 8.10. The number of amides is 2. The lowest BCUT2D eigenvalue weighted by Crippen LogP contribution is -2.41. The molecule has 1 fully saturated rings. The van der Waals surface area contributed by atoms with E-state index < -0.39 is 0 Å². The molecule has 0 radical (unpaired) electrons. The van der Waals surface area contributed by atoms with E-state index in [4.69, 9.17) is 4.42 Å². The lowest BCUT2D eigenvalue weighted by molar-refractivity contribution is -0.138. The average molecular weight is 384 g/mol. The first-order chi connectivity index (χ1) is 13.4. The van der Waals surface area contributed by atoms with Gasteiger partial charge in [-0.15, -0.1) is 10.2 Å². The van der Waals surface area contributed by atoms with Crippen LogP contribution in [-0.2, 0) is 29.1 Å². The van der Waals surface area contributed by atoms with Crippen LogP contribution in [-0.4, -0.2) is 44.4 Å². The Labute approximate surface area is 165 Å². The number of carbonyl (C=O) groups is 2. The highest BCUT2D eigenvalue weighted by Gasteiger charge is 2.37. The number of aromatic nitrogens is 2. The summed E-state index contributed by atoms with van der Waals surface area (Å²) in [5.74, 6) is 0.639. The first-order valence-electron chi connectivity index (χ1n) is 9.82. The van der Waals surface area contributed by atoms with Crippen molar-refractivity contribution in [3.63, 3.8) is 0 Å². The molecule has 1 atom stereocenters. The highest BCUT2D eigenvalue weighted by Crippen LogP contribution is 2.24. The second-order valence-electron chi connectivity index (χ2n) is 7.66. The minimum Gasteiger partial charge on any atom is -0.423 e. The molecule has 0 bridgehead atoms. The van der Waals surface area contributed by atoms with E-state index >= 15 is 0 Å². The predicted octanol–water partition coefficient (Wildman–Crippen LogP) is 2.73. The molecular weight excluding hydrogens is 356 g/mol. The standard InChI is InChI=1S/C21H28N4O3/c1-5-18-22-23-19(28-18)13-25(14(2)3)21(27)17-10-20(26)24(12-17)11-16-8-6-15(4)7-9-16/h6-9,14,17H,5,10-13H2,1-4H3. The molecule has 2 heterocycles. The maximum atomic E-state index is 13.1. The third kappa shape index (κ3) is 4.58. The smallest absolute Gasteiger partial charge is 0.235 e. The quantitative estimate of drug-likeness (QED) is 0.733. The Balaban J connectivity index is 1.66. The molecule has 2 aromatic rings. The zero-order valence-electron chi connectivity index (χ0n) is 17.0. The number of benzene rings is 1. The van der Waals surface area contributed by atoms with Gasteiger partial charge in [0.2, 0.25) is 23.6 Å². The van der Waals surface area contributed by atoms with Gasteiger partial charge in [-0.1, -0.05) is 36.8 Å². The van der Waals surface area contributed by atoms with E-state index in [0.29, 0.717) is 31.3 Å². The van der Waals surface area contributed by atoms with Gasteiger partial charge in [0.15, 0.2) is 0 Å². The van der Waals surface area contributed by atoms with Crippen LogP contribution < -0.4 is 0 Å². The predicted molar refractivity (Wildman–Crippen MR) is 104 cm³/mol. The number of aryl methyl sites for hydroxylation is 2. The lowest BCUT2D eigenvalue weighted by atomic mass is 10.1. The van der Waals surface area contributed by atoms with Crippen LogP contribution in [0.15, 0.2) is 28.7 Å². The summed E-state index contributed by atoms with van der Waals surface area (Å²) in [5.41, 5.74) is 2.26. The highest BCUT2D eigenvalue weighted by atomic mass is 16.4. The van der Waals surface area contributed by atoms with Crippen LogP contribution in [0.2, 0.25) is 0 Å². The molecule has 1 saturated heterocycles. The fourth-order valence-corrected chi connectivity index (χ4v) is 3.39. The average Bonchev–Trinajstić information content (AvgIpc) is 3.27. The van der Waals surface area contributed by atoms with Crippen LogP contribution in [0.4, 0.5) is 0 Å². The second kappa shape index (κ2) is 8.54. The fourth-order valence-electron chi connectivity index (χ4n) is 3.39. The Kier molecular flexibility index (Phi) is 6.11. The molecule has 0 spiro atoms. The van der Waals surface area contributed by atoms with Crippen LogP contribution in [0.3, 0.4) is 0 Å². The first kappa shape index (κ1) is 20.0. The van der Waals surface area contributed by atoms with Gasteiger partial charge in [-0.2, -0.15) is 0 Å². The van der Waals surface area contributed by atoms with Gasteiger partial charge in [0.05, 0.1) is 12.5 Å². The lowest BCUT2D eigenvalue weighted by Gasteiger charge is -2.28.